The molecule has 0 atom stereocenters. The molecule has 3 rings (SSSR count). The Morgan fingerprint density at radius 3 is 1.54 bits per heavy atom. The van der Waals surface area contributed by atoms with Crippen LogP contribution in [0.5, 0.6) is 5.75 Å². The van der Waals surface area contributed by atoms with Crippen LogP contribution in [0, 0.1) is 5.92 Å². The predicted molar refractivity (Wildman–Crippen MR) is 103 cm³/mol. The molecule has 0 aromatic heterocycles. The second-order valence-electron chi connectivity index (χ2n) is 5.81. The summed E-state index contributed by atoms with van der Waals surface area (Å²) in [4.78, 5) is 0. The zero-order chi connectivity index (χ0) is 16.6. The Balaban J connectivity index is 1.76. The fourth-order valence-electron chi connectivity index (χ4n) is 2.72. The minimum absolute atomic E-state index is 0.157. The molecule has 0 heterocycles. The molecule has 1 nitrogen and oxygen atoms in total. The Morgan fingerprint density at radius 2 is 1.08 bits per heavy atom. The van der Waals surface area contributed by atoms with Gasteiger partial charge in [-0.15, -0.1) is 0 Å². The zero-order valence-corrected chi connectivity index (χ0v) is 14.3. The van der Waals surface area contributed by atoms with Gasteiger partial charge in [-0.05, 0) is 48.3 Å². The lowest BCUT2D eigenvalue weighted by Gasteiger charge is -2.19. The summed E-state index contributed by atoms with van der Waals surface area (Å²) in [5.74, 6) is 0.957. The molecule has 0 saturated carbocycles. The van der Waals surface area contributed by atoms with Gasteiger partial charge in [0.1, 0.15) is 5.75 Å². The Hall–Kier alpha value is -2.45. The van der Waals surface area contributed by atoms with Gasteiger partial charge in [-0.2, -0.15) is 0 Å². The summed E-state index contributed by atoms with van der Waals surface area (Å²) in [6, 6.07) is 30.7. The molecule has 0 unspecified atom stereocenters. The van der Waals surface area contributed by atoms with Gasteiger partial charge in [0, 0.05) is 5.92 Å². The topological polar surface area (TPSA) is 9.23 Å². The lowest BCUT2D eigenvalue weighted by Crippen LogP contribution is -2.23. The van der Waals surface area contributed by atoms with Gasteiger partial charge < -0.3 is 4.74 Å². The van der Waals surface area contributed by atoms with E-state index in [9.17, 15) is 0 Å². The molecule has 0 spiro atoms. The molecule has 0 fully saturated rings. The van der Waals surface area contributed by atoms with Gasteiger partial charge >= 0.3 is 0 Å². The second-order valence-corrected chi connectivity index (χ2v) is 6.21. The van der Waals surface area contributed by atoms with Crippen molar-refractivity contribution in [2.75, 3.05) is 0 Å². The van der Waals surface area contributed by atoms with E-state index in [2.05, 4.69) is 48.5 Å². The Labute approximate surface area is 148 Å². The number of hydrogen-bond acceptors (Lipinski definition) is 2. The molecule has 0 N–H and O–H groups in total. The monoisotopic (exact) mass is 332 g/mol. The third-order valence-corrected chi connectivity index (χ3v) is 4.36. The van der Waals surface area contributed by atoms with Crippen LogP contribution in [-0.2, 0) is 12.8 Å². The van der Waals surface area contributed by atoms with E-state index in [4.69, 9.17) is 17.0 Å². The van der Waals surface area contributed by atoms with Crippen molar-refractivity contribution in [3.05, 3.63) is 102 Å². The Bertz CT molecular complexity index is 712. The molecule has 3 aromatic carbocycles. The van der Waals surface area contributed by atoms with Crippen molar-refractivity contribution in [3.8, 4) is 5.75 Å². The number of hydrogen-bond donors (Lipinski definition) is 0. The van der Waals surface area contributed by atoms with Crippen LogP contribution in [0.3, 0.4) is 0 Å². The third kappa shape index (κ3) is 4.77. The Morgan fingerprint density at radius 1 is 0.667 bits per heavy atom. The van der Waals surface area contributed by atoms with E-state index in [0.29, 0.717) is 5.05 Å². The van der Waals surface area contributed by atoms with Gasteiger partial charge in [-0.25, -0.2) is 0 Å². The zero-order valence-electron chi connectivity index (χ0n) is 13.5. The lowest BCUT2D eigenvalue weighted by molar-refractivity contribution is 0.495. The van der Waals surface area contributed by atoms with Gasteiger partial charge in [0.25, 0.3) is 0 Å². The highest BCUT2D eigenvalue weighted by molar-refractivity contribution is 7.80. The largest absolute Gasteiger partial charge is 0.450 e. The molecule has 3 aromatic rings. The van der Waals surface area contributed by atoms with E-state index in [1.807, 2.05) is 42.5 Å². The van der Waals surface area contributed by atoms with Crippen molar-refractivity contribution < 1.29 is 4.74 Å². The van der Waals surface area contributed by atoms with E-state index in [1.165, 1.54) is 11.1 Å². The van der Waals surface area contributed by atoms with Gasteiger partial charge in [0.05, 0.1) is 0 Å². The molecule has 24 heavy (non-hydrogen) atoms. The van der Waals surface area contributed by atoms with Crippen LogP contribution in [0.2, 0.25) is 0 Å². The first-order chi connectivity index (χ1) is 11.8. The van der Waals surface area contributed by atoms with Crippen LogP contribution in [0.1, 0.15) is 11.1 Å². The summed E-state index contributed by atoms with van der Waals surface area (Å²) >= 11 is 5.63. The van der Waals surface area contributed by atoms with Crippen molar-refractivity contribution in [1.82, 2.24) is 0 Å². The van der Waals surface area contributed by atoms with Crippen molar-refractivity contribution in [1.29, 1.82) is 0 Å². The standard InChI is InChI=1S/C22H20OS/c24-22(23-21-14-8-3-9-15-21)20(16-18-10-4-1-5-11-18)17-19-12-6-2-7-13-19/h1-15,20H,16-17H2. The van der Waals surface area contributed by atoms with Crippen molar-refractivity contribution >= 4 is 17.3 Å². The molecule has 0 saturated heterocycles. The molecular formula is C22H20OS. The minimum Gasteiger partial charge on any atom is -0.450 e. The quantitative estimate of drug-likeness (QED) is 0.552. The highest BCUT2D eigenvalue weighted by atomic mass is 32.1. The normalized spacial score (nSPS) is 10.5. The number of para-hydroxylation sites is 1. The summed E-state index contributed by atoms with van der Waals surface area (Å²) in [7, 11) is 0. The highest BCUT2D eigenvalue weighted by Gasteiger charge is 2.18. The fourth-order valence-corrected chi connectivity index (χ4v) is 2.99. The van der Waals surface area contributed by atoms with Crippen LogP contribution >= 0.6 is 12.2 Å². The molecule has 120 valence electrons. The Kier molecular flexibility index (Phi) is 5.75. The van der Waals surface area contributed by atoms with Crippen molar-refractivity contribution in [2.24, 2.45) is 5.92 Å². The van der Waals surface area contributed by atoms with Gasteiger partial charge in [0.2, 0.25) is 0 Å². The maximum atomic E-state index is 5.95. The molecule has 0 amide bonds. The average Bonchev–Trinajstić information content (AvgIpc) is 2.64. The van der Waals surface area contributed by atoms with E-state index < -0.39 is 0 Å². The lowest BCUT2D eigenvalue weighted by atomic mass is 9.93. The fraction of sp³-hybridized carbons (Fsp3) is 0.136. The summed E-state index contributed by atoms with van der Waals surface area (Å²) in [5, 5.41) is 0.647. The molecule has 0 aliphatic carbocycles. The van der Waals surface area contributed by atoms with Gasteiger partial charge in [-0.1, -0.05) is 78.9 Å². The van der Waals surface area contributed by atoms with E-state index in [-0.39, 0.29) is 5.92 Å². The number of ether oxygens (including phenoxy) is 1. The average molecular weight is 332 g/mol. The van der Waals surface area contributed by atoms with Crippen molar-refractivity contribution in [3.63, 3.8) is 0 Å². The van der Waals surface area contributed by atoms with Crippen LogP contribution < -0.4 is 4.74 Å². The number of benzene rings is 3. The maximum absolute atomic E-state index is 5.95. The predicted octanol–water partition coefficient (Wildman–Crippen LogP) is 5.49. The molecular weight excluding hydrogens is 312 g/mol. The number of thiocarbonyl (C=S) groups is 1. The van der Waals surface area contributed by atoms with Crippen LogP contribution in [0.4, 0.5) is 0 Å². The molecule has 2 heteroatoms. The molecule has 0 aliphatic heterocycles. The van der Waals surface area contributed by atoms with Gasteiger partial charge in [-0.3, -0.25) is 0 Å². The molecule has 0 radical (unpaired) electrons. The summed E-state index contributed by atoms with van der Waals surface area (Å²) in [6.45, 7) is 0. The molecule has 0 bridgehead atoms. The van der Waals surface area contributed by atoms with Crippen LogP contribution in [-0.4, -0.2) is 5.05 Å². The van der Waals surface area contributed by atoms with E-state index in [0.717, 1.165) is 18.6 Å². The summed E-state index contributed by atoms with van der Waals surface area (Å²) in [6.07, 6.45) is 1.75. The molecule has 0 aliphatic rings. The van der Waals surface area contributed by atoms with Crippen LogP contribution in [0.25, 0.3) is 0 Å². The first kappa shape index (κ1) is 16.4. The SMILES string of the molecule is S=C(Oc1ccccc1)C(Cc1ccccc1)Cc1ccccc1. The number of rotatable bonds is 6. The first-order valence-corrected chi connectivity index (χ1v) is 8.56. The van der Waals surface area contributed by atoms with Crippen molar-refractivity contribution in [2.45, 2.75) is 12.8 Å². The highest BCUT2D eigenvalue weighted by Crippen LogP contribution is 2.20. The smallest absolute Gasteiger partial charge is 0.171 e. The summed E-state index contributed by atoms with van der Waals surface area (Å²) in [5.41, 5.74) is 2.55. The third-order valence-electron chi connectivity index (χ3n) is 3.94. The van der Waals surface area contributed by atoms with Gasteiger partial charge in [0.15, 0.2) is 5.05 Å². The van der Waals surface area contributed by atoms with Crippen LogP contribution in [0.15, 0.2) is 91.0 Å². The van der Waals surface area contributed by atoms with E-state index in [1.54, 1.807) is 0 Å². The summed E-state index contributed by atoms with van der Waals surface area (Å²) < 4.78 is 5.95. The minimum atomic E-state index is 0.157. The maximum Gasteiger partial charge on any atom is 0.171 e. The second kappa shape index (κ2) is 8.42. The van der Waals surface area contributed by atoms with E-state index >= 15 is 0 Å². The first-order valence-electron chi connectivity index (χ1n) is 8.16.